The van der Waals surface area contributed by atoms with Crippen LogP contribution in [0.2, 0.25) is 0 Å². The van der Waals surface area contributed by atoms with Crippen LogP contribution >= 0.6 is 0 Å². The molecule has 2 rings (SSSR count). The van der Waals surface area contributed by atoms with E-state index in [2.05, 4.69) is 0 Å². The first-order valence-electron chi connectivity index (χ1n) is 4.85. The van der Waals surface area contributed by atoms with E-state index >= 15 is 0 Å². The third-order valence-electron chi connectivity index (χ3n) is 2.33. The molecule has 3 heteroatoms. The molecule has 0 atom stereocenters. The molecular formula is C11H13NO2. The Morgan fingerprint density at radius 2 is 2.29 bits per heavy atom. The van der Waals surface area contributed by atoms with Gasteiger partial charge in [-0.05, 0) is 12.1 Å². The van der Waals surface area contributed by atoms with Crippen LogP contribution in [0, 0.1) is 0 Å². The minimum atomic E-state index is 0.153. The van der Waals surface area contributed by atoms with Gasteiger partial charge in [0.25, 0.3) is 0 Å². The van der Waals surface area contributed by atoms with Crippen molar-refractivity contribution in [1.82, 2.24) is 0 Å². The molecule has 0 radical (unpaired) electrons. The summed E-state index contributed by atoms with van der Waals surface area (Å²) in [6, 6.07) is 7.65. The first-order valence-corrected chi connectivity index (χ1v) is 4.85. The lowest BCUT2D eigenvalue weighted by Crippen LogP contribution is -2.37. The van der Waals surface area contributed by atoms with Gasteiger partial charge >= 0.3 is 0 Å². The molecular weight excluding hydrogens is 178 g/mol. The van der Waals surface area contributed by atoms with Gasteiger partial charge in [0.05, 0.1) is 12.2 Å². The second kappa shape index (κ2) is 3.70. The van der Waals surface area contributed by atoms with Crippen molar-refractivity contribution in [2.45, 2.75) is 13.3 Å². The SMILES string of the molecule is CCC(=O)N1CCOc2ccccc21. The second-order valence-corrected chi connectivity index (χ2v) is 3.22. The normalized spacial score (nSPS) is 14.5. The molecule has 0 aliphatic carbocycles. The Kier molecular flexibility index (Phi) is 2.39. The topological polar surface area (TPSA) is 29.5 Å². The third kappa shape index (κ3) is 1.45. The van der Waals surface area contributed by atoms with Gasteiger partial charge in [0.15, 0.2) is 0 Å². The highest BCUT2D eigenvalue weighted by atomic mass is 16.5. The fraction of sp³-hybridized carbons (Fsp3) is 0.364. The summed E-state index contributed by atoms with van der Waals surface area (Å²) in [6.07, 6.45) is 0.536. The number of rotatable bonds is 1. The van der Waals surface area contributed by atoms with Crippen LogP contribution in [-0.4, -0.2) is 19.1 Å². The number of amides is 1. The van der Waals surface area contributed by atoms with Crippen molar-refractivity contribution in [2.75, 3.05) is 18.1 Å². The zero-order chi connectivity index (χ0) is 9.97. The molecule has 1 aliphatic heterocycles. The molecule has 1 heterocycles. The highest BCUT2D eigenvalue weighted by molar-refractivity contribution is 5.95. The Morgan fingerprint density at radius 1 is 1.50 bits per heavy atom. The number of carbonyl (C=O) groups is 1. The summed E-state index contributed by atoms with van der Waals surface area (Å²) in [7, 11) is 0. The highest BCUT2D eigenvalue weighted by Gasteiger charge is 2.21. The number of hydrogen-bond acceptors (Lipinski definition) is 2. The maximum Gasteiger partial charge on any atom is 0.226 e. The Bertz CT molecular complexity index is 349. The molecule has 0 bridgehead atoms. The van der Waals surface area contributed by atoms with Crippen molar-refractivity contribution >= 4 is 11.6 Å². The standard InChI is InChI=1S/C11H13NO2/c1-2-11(13)12-7-8-14-10-6-4-3-5-9(10)12/h3-6H,2,7-8H2,1H3. The summed E-state index contributed by atoms with van der Waals surface area (Å²) >= 11 is 0. The first-order chi connectivity index (χ1) is 6.83. The number of carbonyl (C=O) groups excluding carboxylic acids is 1. The molecule has 14 heavy (non-hydrogen) atoms. The van der Waals surface area contributed by atoms with Gasteiger partial charge in [-0.2, -0.15) is 0 Å². The molecule has 0 fully saturated rings. The van der Waals surface area contributed by atoms with E-state index in [1.54, 1.807) is 4.90 Å². The predicted octanol–water partition coefficient (Wildman–Crippen LogP) is 1.82. The number of benzene rings is 1. The van der Waals surface area contributed by atoms with E-state index in [1.807, 2.05) is 31.2 Å². The number of ether oxygens (including phenoxy) is 1. The predicted molar refractivity (Wildman–Crippen MR) is 54.6 cm³/mol. The minimum absolute atomic E-state index is 0.153. The summed E-state index contributed by atoms with van der Waals surface area (Å²) in [6.45, 7) is 3.12. The monoisotopic (exact) mass is 191 g/mol. The molecule has 1 aliphatic rings. The largest absolute Gasteiger partial charge is 0.490 e. The quantitative estimate of drug-likeness (QED) is 0.677. The van der Waals surface area contributed by atoms with Gasteiger partial charge < -0.3 is 9.64 Å². The maximum absolute atomic E-state index is 11.6. The molecule has 0 saturated carbocycles. The van der Waals surface area contributed by atoms with Crippen molar-refractivity contribution in [2.24, 2.45) is 0 Å². The average molecular weight is 191 g/mol. The van der Waals surface area contributed by atoms with Crippen LogP contribution < -0.4 is 9.64 Å². The van der Waals surface area contributed by atoms with Gasteiger partial charge in [-0.1, -0.05) is 19.1 Å². The molecule has 1 aromatic rings. The van der Waals surface area contributed by atoms with E-state index in [9.17, 15) is 4.79 Å². The number of nitrogens with zero attached hydrogens (tertiary/aromatic N) is 1. The molecule has 74 valence electrons. The fourth-order valence-corrected chi connectivity index (χ4v) is 1.62. The Morgan fingerprint density at radius 3 is 3.07 bits per heavy atom. The van der Waals surface area contributed by atoms with Crippen molar-refractivity contribution < 1.29 is 9.53 Å². The Labute approximate surface area is 83.3 Å². The van der Waals surface area contributed by atoms with Gasteiger partial charge in [-0.25, -0.2) is 0 Å². The van der Waals surface area contributed by atoms with Crippen molar-refractivity contribution in [3.63, 3.8) is 0 Å². The van der Waals surface area contributed by atoms with Gasteiger partial charge in [0.1, 0.15) is 12.4 Å². The number of para-hydroxylation sites is 2. The first kappa shape index (κ1) is 9.06. The molecule has 1 aromatic carbocycles. The number of hydrogen-bond donors (Lipinski definition) is 0. The lowest BCUT2D eigenvalue weighted by molar-refractivity contribution is -0.118. The van der Waals surface area contributed by atoms with Gasteiger partial charge in [0, 0.05) is 6.42 Å². The van der Waals surface area contributed by atoms with Crippen molar-refractivity contribution in [3.05, 3.63) is 24.3 Å². The van der Waals surface area contributed by atoms with E-state index in [-0.39, 0.29) is 5.91 Å². The molecule has 0 spiro atoms. The van der Waals surface area contributed by atoms with Crippen LogP contribution in [0.25, 0.3) is 0 Å². The van der Waals surface area contributed by atoms with Crippen LogP contribution in [0.4, 0.5) is 5.69 Å². The molecule has 0 saturated heterocycles. The van der Waals surface area contributed by atoms with Crippen molar-refractivity contribution in [1.29, 1.82) is 0 Å². The van der Waals surface area contributed by atoms with Crippen LogP contribution in [0.5, 0.6) is 5.75 Å². The summed E-state index contributed by atoms with van der Waals surface area (Å²) in [5, 5.41) is 0. The van der Waals surface area contributed by atoms with E-state index in [1.165, 1.54) is 0 Å². The van der Waals surface area contributed by atoms with Crippen LogP contribution in [0.15, 0.2) is 24.3 Å². The third-order valence-corrected chi connectivity index (χ3v) is 2.33. The van der Waals surface area contributed by atoms with Crippen LogP contribution in [-0.2, 0) is 4.79 Å². The van der Waals surface area contributed by atoms with E-state index < -0.39 is 0 Å². The highest BCUT2D eigenvalue weighted by Crippen LogP contribution is 2.31. The molecule has 1 amide bonds. The number of anilines is 1. The molecule has 0 aromatic heterocycles. The smallest absolute Gasteiger partial charge is 0.226 e. The van der Waals surface area contributed by atoms with E-state index in [4.69, 9.17) is 4.74 Å². The molecule has 0 unspecified atom stereocenters. The van der Waals surface area contributed by atoms with Gasteiger partial charge in [0.2, 0.25) is 5.91 Å². The maximum atomic E-state index is 11.6. The Balaban J connectivity index is 2.35. The van der Waals surface area contributed by atoms with Gasteiger partial charge in [-0.3, -0.25) is 4.79 Å². The Hall–Kier alpha value is -1.51. The second-order valence-electron chi connectivity index (χ2n) is 3.22. The van der Waals surface area contributed by atoms with E-state index in [0.717, 1.165) is 11.4 Å². The average Bonchev–Trinajstić information content (AvgIpc) is 2.27. The minimum Gasteiger partial charge on any atom is -0.490 e. The zero-order valence-corrected chi connectivity index (χ0v) is 8.19. The van der Waals surface area contributed by atoms with E-state index in [0.29, 0.717) is 19.6 Å². The zero-order valence-electron chi connectivity index (χ0n) is 8.19. The summed E-state index contributed by atoms with van der Waals surface area (Å²) in [5.74, 6) is 0.960. The summed E-state index contributed by atoms with van der Waals surface area (Å²) in [5.41, 5.74) is 0.894. The number of fused-ring (bicyclic) bond motifs is 1. The van der Waals surface area contributed by atoms with Crippen molar-refractivity contribution in [3.8, 4) is 5.75 Å². The summed E-state index contributed by atoms with van der Waals surface area (Å²) < 4.78 is 5.45. The summed E-state index contributed by atoms with van der Waals surface area (Å²) in [4.78, 5) is 13.4. The lowest BCUT2D eigenvalue weighted by Gasteiger charge is -2.29. The van der Waals surface area contributed by atoms with Crippen LogP contribution in [0.3, 0.4) is 0 Å². The molecule has 3 nitrogen and oxygen atoms in total. The molecule has 0 N–H and O–H groups in total. The fourth-order valence-electron chi connectivity index (χ4n) is 1.62. The van der Waals surface area contributed by atoms with Crippen LogP contribution in [0.1, 0.15) is 13.3 Å². The lowest BCUT2D eigenvalue weighted by atomic mass is 10.2. The van der Waals surface area contributed by atoms with Gasteiger partial charge in [-0.15, -0.1) is 0 Å².